The first-order valence-electron chi connectivity index (χ1n) is 10.5. The predicted molar refractivity (Wildman–Crippen MR) is 108 cm³/mol. The van der Waals surface area contributed by atoms with Gasteiger partial charge in [-0.2, -0.15) is 0 Å². The molecule has 3 fully saturated rings. The molecule has 3 saturated heterocycles. The largest absolute Gasteiger partial charge is 0.381 e. The van der Waals surface area contributed by atoms with Crippen molar-refractivity contribution in [3.05, 3.63) is 60.2 Å². The number of aromatic nitrogens is 2. The summed E-state index contributed by atoms with van der Waals surface area (Å²) in [5.74, 6) is 0.0520. The molecule has 156 valence electrons. The van der Waals surface area contributed by atoms with Gasteiger partial charge in [0.05, 0.1) is 13.2 Å². The van der Waals surface area contributed by atoms with Gasteiger partial charge in [0.15, 0.2) is 0 Å². The molecule has 8 nitrogen and oxygen atoms in total. The number of piperazine rings is 1. The lowest BCUT2D eigenvalue weighted by Crippen LogP contribution is -2.62. The molecule has 0 saturated carbocycles. The highest BCUT2D eigenvalue weighted by molar-refractivity contribution is 5.92. The van der Waals surface area contributed by atoms with Gasteiger partial charge in [0, 0.05) is 51.4 Å². The quantitative estimate of drug-likeness (QED) is 0.760. The Balaban J connectivity index is 1.42. The van der Waals surface area contributed by atoms with E-state index in [-0.39, 0.29) is 29.3 Å². The molecule has 3 aliphatic heterocycles. The Morgan fingerprint density at radius 2 is 1.80 bits per heavy atom. The highest BCUT2D eigenvalue weighted by atomic mass is 16.5. The summed E-state index contributed by atoms with van der Waals surface area (Å²) in [6, 6.07) is 11.4. The van der Waals surface area contributed by atoms with Crippen LogP contribution in [0.1, 0.15) is 29.0 Å². The number of carbonyl (C=O) groups is 2. The first-order chi connectivity index (χ1) is 14.7. The molecule has 0 N–H and O–H groups in total. The smallest absolute Gasteiger partial charge is 0.291 e. The van der Waals surface area contributed by atoms with Gasteiger partial charge in [0.2, 0.25) is 11.7 Å². The monoisotopic (exact) mass is 407 g/mol. The molecule has 4 heterocycles. The maximum Gasteiger partial charge on any atom is 0.291 e. The first-order valence-corrected chi connectivity index (χ1v) is 10.5. The van der Waals surface area contributed by atoms with Gasteiger partial charge in [-0.1, -0.05) is 30.3 Å². The number of ether oxygens (including phenoxy) is 1. The molecule has 1 aromatic heterocycles. The molecule has 0 aliphatic carbocycles. The average Bonchev–Trinajstić information content (AvgIpc) is 3.02. The lowest BCUT2D eigenvalue weighted by molar-refractivity contribution is -0.137. The van der Waals surface area contributed by atoms with E-state index in [0.29, 0.717) is 39.4 Å². The SMILES string of the molecule is O=C(c1ncccn1)N1CCN2[C@H](C1)C(=O)N(Cc1ccccc1)C21CCOCC1. The fourth-order valence-corrected chi connectivity index (χ4v) is 5.01. The maximum atomic E-state index is 13.6. The summed E-state index contributed by atoms with van der Waals surface area (Å²) in [5, 5.41) is 0. The zero-order chi connectivity index (χ0) is 20.6. The number of nitrogens with zero attached hydrogens (tertiary/aromatic N) is 5. The molecule has 0 unspecified atom stereocenters. The predicted octanol–water partition coefficient (Wildman–Crippen LogP) is 1.15. The van der Waals surface area contributed by atoms with E-state index < -0.39 is 0 Å². The number of hydrogen-bond acceptors (Lipinski definition) is 6. The van der Waals surface area contributed by atoms with Gasteiger partial charge < -0.3 is 14.5 Å². The zero-order valence-electron chi connectivity index (χ0n) is 16.8. The standard InChI is InChI=1S/C22H25N5O3/c28-20-18-16-25(21(29)19-23-9-4-10-24-19)11-12-26(18)22(7-13-30-14-8-22)27(20)15-17-5-2-1-3-6-17/h1-6,9-10,18H,7-8,11-16H2/t18-/m1/s1. The number of benzene rings is 1. The lowest BCUT2D eigenvalue weighted by Gasteiger charge is -2.48. The third-order valence-electron chi connectivity index (χ3n) is 6.49. The molecule has 3 aliphatic rings. The summed E-state index contributed by atoms with van der Waals surface area (Å²) in [6.07, 6.45) is 4.71. The zero-order valence-corrected chi connectivity index (χ0v) is 16.8. The molecule has 1 spiro atoms. The van der Waals surface area contributed by atoms with E-state index in [0.717, 1.165) is 18.4 Å². The van der Waals surface area contributed by atoms with Crippen molar-refractivity contribution in [2.75, 3.05) is 32.8 Å². The average molecular weight is 407 g/mol. The molecular weight excluding hydrogens is 382 g/mol. The van der Waals surface area contributed by atoms with E-state index in [1.165, 1.54) is 0 Å². The summed E-state index contributed by atoms with van der Waals surface area (Å²) < 4.78 is 5.64. The van der Waals surface area contributed by atoms with Gasteiger partial charge in [0.1, 0.15) is 11.7 Å². The normalized spacial score (nSPS) is 23.6. The molecule has 2 amide bonds. The van der Waals surface area contributed by atoms with Crippen LogP contribution in [0, 0.1) is 0 Å². The molecule has 30 heavy (non-hydrogen) atoms. The Labute approximate surface area is 175 Å². The van der Waals surface area contributed by atoms with Crippen LogP contribution in [-0.2, 0) is 16.1 Å². The van der Waals surface area contributed by atoms with Gasteiger partial charge >= 0.3 is 0 Å². The van der Waals surface area contributed by atoms with Crippen molar-refractivity contribution in [3.8, 4) is 0 Å². The Morgan fingerprint density at radius 3 is 2.53 bits per heavy atom. The third kappa shape index (κ3) is 3.16. The van der Waals surface area contributed by atoms with Gasteiger partial charge in [0.25, 0.3) is 5.91 Å². The van der Waals surface area contributed by atoms with E-state index in [4.69, 9.17) is 4.74 Å². The van der Waals surface area contributed by atoms with Crippen molar-refractivity contribution in [3.63, 3.8) is 0 Å². The fourth-order valence-electron chi connectivity index (χ4n) is 5.01. The van der Waals surface area contributed by atoms with Crippen LogP contribution in [0.2, 0.25) is 0 Å². The van der Waals surface area contributed by atoms with E-state index >= 15 is 0 Å². The molecule has 0 bridgehead atoms. The van der Waals surface area contributed by atoms with E-state index in [1.807, 2.05) is 23.1 Å². The Morgan fingerprint density at radius 1 is 1.07 bits per heavy atom. The fraction of sp³-hybridized carbons (Fsp3) is 0.455. The Kier molecular flexibility index (Phi) is 4.96. The topological polar surface area (TPSA) is 78.9 Å². The molecule has 2 aromatic rings. The highest BCUT2D eigenvalue weighted by Gasteiger charge is 2.58. The molecule has 5 rings (SSSR count). The summed E-state index contributed by atoms with van der Waals surface area (Å²) in [7, 11) is 0. The second-order valence-electron chi connectivity index (χ2n) is 8.04. The molecule has 8 heteroatoms. The van der Waals surface area contributed by atoms with Crippen LogP contribution in [0.5, 0.6) is 0 Å². The summed E-state index contributed by atoms with van der Waals surface area (Å²) in [5.41, 5.74) is 0.774. The Bertz CT molecular complexity index is 917. The van der Waals surface area contributed by atoms with E-state index in [2.05, 4.69) is 27.0 Å². The van der Waals surface area contributed by atoms with Crippen molar-refractivity contribution in [2.45, 2.75) is 31.1 Å². The van der Waals surface area contributed by atoms with E-state index in [9.17, 15) is 9.59 Å². The van der Waals surface area contributed by atoms with Gasteiger partial charge in [-0.05, 0) is 11.6 Å². The first kappa shape index (κ1) is 19.1. The van der Waals surface area contributed by atoms with Gasteiger partial charge in [-0.25, -0.2) is 9.97 Å². The van der Waals surface area contributed by atoms with Crippen LogP contribution in [-0.4, -0.2) is 81.0 Å². The summed E-state index contributed by atoms with van der Waals surface area (Å²) >= 11 is 0. The van der Waals surface area contributed by atoms with Gasteiger partial charge in [-0.3, -0.25) is 14.5 Å². The number of fused-ring (bicyclic) bond motifs is 2. The number of rotatable bonds is 3. The molecule has 0 radical (unpaired) electrons. The van der Waals surface area contributed by atoms with Crippen LogP contribution < -0.4 is 0 Å². The second-order valence-corrected chi connectivity index (χ2v) is 8.04. The van der Waals surface area contributed by atoms with Crippen molar-refractivity contribution < 1.29 is 14.3 Å². The minimum Gasteiger partial charge on any atom is -0.381 e. The minimum absolute atomic E-state index is 0.0900. The molecule has 1 aromatic carbocycles. The maximum absolute atomic E-state index is 13.6. The van der Waals surface area contributed by atoms with Gasteiger partial charge in [-0.15, -0.1) is 0 Å². The van der Waals surface area contributed by atoms with Crippen LogP contribution in [0.15, 0.2) is 48.8 Å². The lowest BCUT2D eigenvalue weighted by atomic mass is 9.96. The molecule has 1 atom stereocenters. The van der Waals surface area contributed by atoms with Crippen molar-refractivity contribution in [1.82, 2.24) is 24.7 Å². The number of hydrogen-bond donors (Lipinski definition) is 0. The third-order valence-corrected chi connectivity index (χ3v) is 6.49. The second kappa shape index (κ2) is 7.77. The van der Waals surface area contributed by atoms with Crippen molar-refractivity contribution in [1.29, 1.82) is 0 Å². The van der Waals surface area contributed by atoms with Crippen LogP contribution in [0.4, 0.5) is 0 Å². The minimum atomic E-state index is -0.340. The van der Waals surface area contributed by atoms with Crippen LogP contribution in [0.25, 0.3) is 0 Å². The van der Waals surface area contributed by atoms with Crippen molar-refractivity contribution in [2.24, 2.45) is 0 Å². The van der Waals surface area contributed by atoms with Crippen molar-refractivity contribution >= 4 is 11.8 Å². The van der Waals surface area contributed by atoms with Crippen LogP contribution in [0.3, 0.4) is 0 Å². The Hall–Kier alpha value is -2.84. The molecular formula is C22H25N5O3. The van der Waals surface area contributed by atoms with E-state index in [1.54, 1.807) is 23.4 Å². The summed E-state index contributed by atoms with van der Waals surface area (Å²) in [4.78, 5) is 40.7. The highest BCUT2D eigenvalue weighted by Crippen LogP contribution is 2.42. The number of amides is 2. The number of carbonyl (C=O) groups excluding carboxylic acids is 2. The summed E-state index contributed by atoms with van der Waals surface area (Å²) in [6.45, 7) is 3.43. The van der Waals surface area contributed by atoms with Crippen LogP contribution >= 0.6 is 0 Å².